The van der Waals surface area contributed by atoms with Crippen molar-refractivity contribution in [2.45, 2.75) is 26.3 Å². The lowest BCUT2D eigenvalue weighted by Gasteiger charge is -2.09. The molecule has 0 aliphatic heterocycles. The summed E-state index contributed by atoms with van der Waals surface area (Å²) < 4.78 is 7.87. The highest BCUT2D eigenvalue weighted by Gasteiger charge is 2.06. The van der Waals surface area contributed by atoms with Gasteiger partial charge in [0.15, 0.2) is 0 Å². The molecule has 0 radical (unpaired) electrons. The van der Waals surface area contributed by atoms with Gasteiger partial charge in [-0.3, -0.25) is 0 Å². The first-order valence-electron chi connectivity index (χ1n) is 8.03. The van der Waals surface area contributed by atoms with Crippen LogP contribution >= 0.6 is 0 Å². The molecule has 124 valence electrons. The lowest BCUT2D eigenvalue weighted by molar-refractivity contribution is 0.0696. The van der Waals surface area contributed by atoms with Crippen molar-refractivity contribution in [3.05, 3.63) is 59.9 Å². The fourth-order valence-corrected chi connectivity index (χ4v) is 2.76. The Hall–Kier alpha value is -2.82. The van der Waals surface area contributed by atoms with Crippen molar-refractivity contribution in [2.75, 3.05) is 6.61 Å². The number of hydrogen-bond donors (Lipinski definition) is 1. The second kappa shape index (κ2) is 7.17. The van der Waals surface area contributed by atoms with Gasteiger partial charge in [0.25, 0.3) is 0 Å². The second-order valence-electron chi connectivity index (χ2n) is 5.69. The highest BCUT2D eigenvalue weighted by Crippen LogP contribution is 2.17. The predicted molar refractivity (Wildman–Crippen MR) is 92.6 cm³/mol. The number of unbranched alkanes of at least 4 members (excludes halogenated alkanes) is 1. The summed E-state index contributed by atoms with van der Waals surface area (Å²) in [5, 5.41) is 8.97. The minimum atomic E-state index is -0.942. The molecule has 0 spiro atoms. The molecule has 0 aliphatic carbocycles. The van der Waals surface area contributed by atoms with E-state index < -0.39 is 5.97 Å². The normalized spacial score (nSPS) is 10.9. The fraction of sp³-hybridized carbons (Fsp3) is 0.263. The van der Waals surface area contributed by atoms with E-state index in [1.54, 1.807) is 24.3 Å². The standard InChI is InChI=1S/C19H20N2O3/c1-14-20-17-9-2-3-10-18(17)21(14)11-4-5-12-24-16-8-6-7-15(13-16)19(22)23/h2-3,6-10,13H,4-5,11-12H2,1H3,(H,22,23). The lowest BCUT2D eigenvalue weighted by Crippen LogP contribution is -2.04. The molecule has 1 aromatic heterocycles. The minimum Gasteiger partial charge on any atom is -0.494 e. The van der Waals surface area contributed by atoms with Crippen molar-refractivity contribution in [1.82, 2.24) is 9.55 Å². The highest BCUT2D eigenvalue weighted by atomic mass is 16.5. The molecule has 2 aromatic carbocycles. The summed E-state index contributed by atoms with van der Waals surface area (Å²) in [6.07, 6.45) is 1.86. The quantitative estimate of drug-likeness (QED) is 0.669. The number of imidazole rings is 1. The molecule has 5 heteroatoms. The number of aryl methyl sites for hydroxylation is 2. The Labute approximate surface area is 140 Å². The van der Waals surface area contributed by atoms with Gasteiger partial charge in [-0.2, -0.15) is 0 Å². The number of aromatic carboxylic acids is 1. The predicted octanol–water partition coefficient (Wildman–Crippen LogP) is 3.90. The first-order valence-corrected chi connectivity index (χ1v) is 8.03. The van der Waals surface area contributed by atoms with Crippen LogP contribution in [0.1, 0.15) is 29.0 Å². The molecular weight excluding hydrogens is 304 g/mol. The van der Waals surface area contributed by atoms with Crippen LogP contribution in [0.4, 0.5) is 0 Å². The lowest BCUT2D eigenvalue weighted by atomic mass is 10.2. The van der Waals surface area contributed by atoms with E-state index in [2.05, 4.69) is 15.6 Å². The van der Waals surface area contributed by atoms with Gasteiger partial charge >= 0.3 is 5.97 Å². The third-order valence-electron chi connectivity index (χ3n) is 3.97. The average molecular weight is 324 g/mol. The van der Waals surface area contributed by atoms with E-state index in [1.165, 1.54) is 0 Å². The molecule has 0 bridgehead atoms. The minimum absolute atomic E-state index is 0.244. The molecule has 24 heavy (non-hydrogen) atoms. The third kappa shape index (κ3) is 3.56. The number of carboxylic acid groups (broad SMARTS) is 1. The molecule has 0 saturated heterocycles. The first-order chi connectivity index (χ1) is 11.6. The molecule has 1 N–H and O–H groups in total. The smallest absolute Gasteiger partial charge is 0.335 e. The van der Waals surface area contributed by atoms with E-state index in [9.17, 15) is 4.79 Å². The van der Waals surface area contributed by atoms with Gasteiger partial charge < -0.3 is 14.4 Å². The van der Waals surface area contributed by atoms with E-state index in [-0.39, 0.29) is 5.56 Å². The number of fused-ring (bicyclic) bond motifs is 1. The van der Waals surface area contributed by atoms with Crippen LogP contribution < -0.4 is 4.74 Å². The Morgan fingerprint density at radius 1 is 1.17 bits per heavy atom. The first kappa shape index (κ1) is 16.1. The average Bonchev–Trinajstić information content (AvgIpc) is 2.90. The Kier molecular flexibility index (Phi) is 4.79. The monoisotopic (exact) mass is 324 g/mol. The summed E-state index contributed by atoms with van der Waals surface area (Å²) >= 11 is 0. The summed E-state index contributed by atoms with van der Waals surface area (Å²) in [6, 6.07) is 14.7. The number of ether oxygens (including phenoxy) is 1. The van der Waals surface area contributed by atoms with Crippen molar-refractivity contribution >= 4 is 17.0 Å². The van der Waals surface area contributed by atoms with Gasteiger partial charge in [0.05, 0.1) is 23.2 Å². The topological polar surface area (TPSA) is 64.4 Å². The Morgan fingerprint density at radius 2 is 2.00 bits per heavy atom. The van der Waals surface area contributed by atoms with E-state index in [1.807, 2.05) is 25.1 Å². The van der Waals surface area contributed by atoms with Crippen molar-refractivity contribution in [3.8, 4) is 5.75 Å². The molecule has 0 amide bonds. The molecule has 1 heterocycles. The van der Waals surface area contributed by atoms with Crippen LogP contribution in [0.3, 0.4) is 0 Å². The number of hydrogen-bond acceptors (Lipinski definition) is 3. The van der Waals surface area contributed by atoms with Crippen molar-refractivity contribution < 1.29 is 14.6 Å². The van der Waals surface area contributed by atoms with E-state index >= 15 is 0 Å². The number of benzene rings is 2. The van der Waals surface area contributed by atoms with Crippen LogP contribution in [-0.4, -0.2) is 27.2 Å². The summed E-state index contributed by atoms with van der Waals surface area (Å²) in [6.45, 7) is 3.48. The SMILES string of the molecule is Cc1nc2ccccc2n1CCCCOc1cccc(C(=O)O)c1. The number of carbonyl (C=O) groups is 1. The molecule has 3 aromatic rings. The maximum atomic E-state index is 10.9. The van der Waals surface area contributed by atoms with Gasteiger partial charge in [0.1, 0.15) is 11.6 Å². The van der Waals surface area contributed by atoms with Crippen molar-refractivity contribution in [1.29, 1.82) is 0 Å². The van der Waals surface area contributed by atoms with Crippen molar-refractivity contribution in [2.24, 2.45) is 0 Å². The number of para-hydroxylation sites is 2. The molecule has 0 atom stereocenters. The van der Waals surface area contributed by atoms with Gasteiger partial charge in [-0.05, 0) is 50.1 Å². The Morgan fingerprint density at radius 3 is 2.83 bits per heavy atom. The molecule has 0 saturated carbocycles. The van der Waals surface area contributed by atoms with E-state index in [4.69, 9.17) is 9.84 Å². The van der Waals surface area contributed by atoms with Gasteiger partial charge in [-0.1, -0.05) is 18.2 Å². The summed E-state index contributed by atoms with van der Waals surface area (Å²) in [5.41, 5.74) is 2.43. The molecule has 5 nitrogen and oxygen atoms in total. The molecule has 0 unspecified atom stereocenters. The largest absolute Gasteiger partial charge is 0.494 e. The van der Waals surface area contributed by atoms with Gasteiger partial charge in [0.2, 0.25) is 0 Å². The second-order valence-corrected chi connectivity index (χ2v) is 5.69. The molecule has 0 fully saturated rings. The van der Waals surface area contributed by atoms with Gasteiger partial charge in [0, 0.05) is 6.54 Å². The molecule has 3 rings (SSSR count). The van der Waals surface area contributed by atoms with Crippen LogP contribution in [0.5, 0.6) is 5.75 Å². The number of carboxylic acids is 1. The molecule has 0 aliphatic rings. The summed E-state index contributed by atoms with van der Waals surface area (Å²) in [4.78, 5) is 15.5. The van der Waals surface area contributed by atoms with E-state index in [0.717, 1.165) is 36.2 Å². The van der Waals surface area contributed by atoms with E-state index in [0.29, 0.717) is 12.4 Å². The Balaban J connectivity index is 1.51. The maximum Gasteiger partial charge on any atom is 0.335 e. The van der Waals surface area contributed by atoms with Crippen molar-refractivity contribution in [3.63, 3.8) is 0 Å². The number of aromatic nitrogens is 2. The van der Waals surface area contributed by atoms with Gasteiger partial charge in [-0.15, -0.1) is 0 Å². The summed E-state index contributed by atoms with van der Waals surface area (Å²) in [5.74, 6) is 0.674. The van der Waals surface area contributed by atoms with Crippen LogP contribution in [-0.2, 0) is 6.54 Å². The van der Waals surface area contributed by atoms with Crippen LogP contribution in [0.2, 0.25) is 0 Å². The zero-order valence-corrected chi connectivity index (χ0v) is 13.6. The fourth-order valence-electron chi connectivity index (χ4n) is 2.76. The van der Waals surface area contributed by atoms with Crippen LogP contribution in [0.15, 0.2) is 48.5 Å². The third-order valence-corrected chi connectivity index (χ3v) is 3.97. The van der Waals surface area contributed by atoms with Crippen LogP contribution in [0, 0.1) is 6.92 Å². The summed E-state index contributed by atoms with van der Waals surface area (Å²) in [7, 11) is 0. The maximum absolute atomic E-state index is 10.9. The zero-order valence-electron chi connectivity index (χ0n) is 13.6. The highest BCUT2D eigenvalue weighted by molar-refractivity contribution is 5.88. The number of nitrogens with zero attached hydrogens (tertiary/aromatic N) is 2. The number of rotatable bonds is 7. The molecular formula is C19H20N2O3. The zero-order chi connectivity index (χ0) is 16.9. The van der Waals surface area contributed by atoms with Gasteiger partial charge in [-0.25, -0.2) is 9.78 Å². The Bertz CT molecular complexity index is 855. The van der Waals surface area contributed by atoms with Crippen LogP contribution in [0.25, 0.3) is 11.0 Å².